The van der Waals surface area contributed by atoms with E-state index in [1.54, 1.807) is 11.1 Å². The Balaban J connectivity index is 0.000000208. The van der Waals surface area contributed by atoms with Crippen LogP contribution in [0.2, 0.25) is 0 Å². The molecule has 0 saturated carbocycles. The van der Waals surface area contributed by atoms with E-state index in [2.05, 4.69) is 35.5 Å². The second-order valence-corrected chi connectivity index (χ2v) is 9.45. The Kier molecular flexibility index (Phi) is 11.1. The number of ether oxygens (including phenoxy) is 2. The minimum absolute atomic E-state index is 0.605. The third-order valence-electron chi connectivity index (χ3n) is 6.50. The number of nitrogens with one attached hydrogen (secondary N) is 1. The van der Waals surface area contributed by atoms with Gasteiger partial charge in [-0.3, -0.25) is 9.91 Å². The molecule has 0 radical (unpaired) electrons. The summed E-state index contributed by atoms with van der Waals surface area (Å²) in [4.78, 5) is 2.42. The van der Waals surface area contributed by atoms with E-state index < -0.39 is 0 Å². The van der Waals surface area contributed by atoms with E-state index in [0.29, 0.717) is 11.4 Å². The van der Waals surface area contributed by atoms with E-state index in [1.165, 1.54) is 24.0 Å². The highest BCUT2D eigenvalue weighted by atomic mass is 16.5. The molecule has 1 fully saturated rings. The zero-order valence-corrected chi connectivity index (χ0v) is 22.5. The highest BCUT2D eigenvalue weighted by Crippen LogP contribution is 2.27. The molecule has 7 nitrogen and oxygen atoms in total. The molecule has 1 aliphatic carbocycles. The van der Waals surface area contributed by atoms with Crippen molar-refractivity contribution >= 4 is 11.4 Å². The minimum Gasteiger partial charge on any atom is -0.494 e. The molecule has 0 unspecified atom stereocenters. The van der Waals surface area contributed by atoms with Crippen LogP contribution in [-0.2, 0) is 17.6 Å². The van der Waals surface area contributed by atoms with Gasteiger partial charge in [-0.05, 0) is 87.1 Å². The van der Waals surface area contributed by atoms with Crippen molar-refractivity contribution in [2.45, 2.75) is 39.5 Å². The summed E-state index contributed by atoms with van der Waals surface area (Å²) >= 11 is 0. The zero-order chi connectivity index (χ0) is 26.6. The van der Waals surface area contributed by atoms with E-state index in [-0.39, 0.29) is 0 Å². The van der Waals surface area contributed by atoms with Crippen molar-refractivity contribution in [2.75, 3.05) is 49.8 Å². The van der Waals surface area contributed by atoms with Gasteiger partial charge in [0, 0.05) is 31.0 Å². The van der Waals surface area contributed by atoms with E-state index >= 15 is 0 Å². The molecule has 200 valence electrons. The lowest BCUT2D eigenvalue weighted by Gasteiger charge is -2.26. The number of nitrogens with two attached hydrogens (primary N) is 2. The van der Waals surface area contributed by atoms with Crippen molar-refractivity contribution in [1.29, 1.82) is 0 Å². The average Bonchev–Trinajstić information content (AvgIpc) is 3.39. The van der Waals surface area contributed by atoms with Crippen LogP contribution in [0.3, 0.4) is 0 Å². The van der Waals surface area contributed by atoms with Crippen molar-refractivity contribution in [2.24, 2.45) is 11.6 Å². The van der Waals surface area contributed by atoms with Gasteiger partial charge >= 0.3 is 0 Å². The monoisotopic (exact) mass is 505 g/mol. The highest BCUT2D eigenvalue weighted by molar-refractivity contribution is 5.57. The van der Waals surface area contributed by atoms with Crippen LogP contribution in [0.15, 0.2) is 78.8 Å². The van der Waals surface area contributed by atoms with Crippen LogP contribution < -0.4 is 26.6 Å². The van der Waals surface area contributed by atoms with Gasteiger partial charge in [-0.25, -0.2) is 5.84 Å². The predicted octanol–water partition coefficient (Wildman–Crippen LogP) is 4.96. The van der Waals surface area contributed by atoms with Gasteiger partial charge in [-0.1, -0.05) is 25.3 Å². The molecule has 5 N–H and O–H groups in total. The molecular formula is C30H43N5O2. The van der Waals surface area contributed by atoms with Gasteiger partial charge in [-0.15, -0.1) is 0 Å². The Hall–Kier alpha value is -3.26. The molecule has 37 heavy (non-hydrogen) atoms. The number of fused-ring (bicyclic) bond motifs is 1. The number of nitrogens with zero attached hydrogens (tertiary/aromatic N) is 2. The molecule has 2 aromatic rings. The molecule has 7 heteroatoms. The predicted molar refractivity (Wildman–Crippen MR) is 154 cm³/mol. The number of rotatable bonds is 10. The second kappa shape index (κ2) is 14.5. The first-order valence-corrected chi connectivity index (χ1v) is 13.1. The number of anilines is 2. The normalized spacial score (nSPS) is 15.3. The number of hydrogen-bond donors (Lipinski definition) is 3. The number of hydrogen-bond acceptors (Lipinski definition) is 7. The lowest BCUT2D eigenvalue weighted by molar-refractivity contribution is 0.0358. The number of aryl methyl sites for hydroxylation is 2. The molecule has 0 atom stereocenters. The van der Waals surface area contributed by atoms with E-state index in [4.69, 9.17) is 21.1 Å². The summed E-state index contributed by atoms with van der Waals surface area (Å²) in [7, 11) is 0. The van der Waals surface area contributed by atoms with Gasteiger partial charge < -0.3 is 20.5 Å². The molecule has 0 bridgehead atoms. The molecule has 2 aromatic carbocycles. The Labute approximate surface area is 222 Å². The standard InChI is InChI=1S/C16H24N2O2.C14H19N3/c1-14(2)17-15-4-6-16(7-5-15)20-11-3-8-18-9-12-19-13-10-18;1-3-14(15)10(2)17(16)13-8-7-11-5-4-6-12(11)9-13/h4-7,17H,1,3,8-13H2,2H3;3,7-9H,2,4-6,15-16H2,1H3/b;14-3+. The summed E-state index contributed by atoms with van der Waals surface area (Å²) in [6.45, 7) is 17.2. The van der Waals surface area contributed by atoms with Crippen molar-refractivity contribution in [3.05, 3.63) is 89.9 Å². The lowest BCUT2D eigenvalue weighted by atomic mass is 10.1. The van der Waals surface area contributed by atoms with Crippen LogP contribution >= 0.6 is 0 Å². The lowest BCUT2D eigenvalue weighted by Crippen LogP contribution is -2.37. The summed E-state index contributed by atoms with van der Waals surface area (Å²) in [6, 6.07) is 14.3. The Morgan fingerprint density at radius 1 is 1.11 bits per heavy atom. The van der Waals surface area contributed by atoms with E-state index in [1.807, 2.05) is 44.2 Å². The molecule has 1 heterocycles. The molecule has 0 amide bonds. The van der Waals surface area contributed by atoms with Gasteiger partial charge in [0.2, 0.25) is 0 Å². The zero-order valence-electron chi connectivity index (χ0n) is 22.5. The van der Waals surface area contributed by atoms with Crippen LogP contribution in [0.1, 0.15) is 37.8 Å². The minimum atomic E-state index is 0.605. The van der Waals surface area contributed by atoms with Crippen molar-refractivity contribution < 1.29 is 9.47 Å². The van der Waals surface area contributed by atoms with Crippen LogP contribution in [0.4, 0.5) is 11.4 Å². The number of benzene rings is 2. The number of morpholine rings is 1. The number of allylic oxidation sites excluding steroid dienone is 2. The van der Waals surface area contributed by atoms with Crippen LogP contribution in [-0.4, -0.2) is 44.4 Å². The van der Waals surface area contributed by atoms with Gasteiger partial charge in [-0.2, -0.15) is 0 Å². The summed E-state index contributed by atoms with van der Waals surface area (Å²) in [5.74, 6) is 6.94. The van der Waals surface area contributed by atoms with Gasteiger partial charge in [0.25, 0.3) is 0 Å². The summed E-state index contributed by atoms with van der Waals surface area (Å²) in [5.41, 5.74) is 12.8. The first kappa shape index (κ1) is 28.3. The van der Waals surface area contributed by atoms with Crippen molar-refractivity contribution in [3.8, 4) is 5.75 Å². The average molecular weight is 506 g/mol. The van der Waals surface area contributed by atoms with Gasteiger partial charge in [0.1, 0.15) is 5.75 Å². The van der Waals surface area contributed by atoms with Gasteiger partial charge in [0.15, 0.2) is 0 Å². The molecule has 4 rings (SSSR count). The largest absolute Gasteiger partial charge is 0.494 e. The maximum Gasteiger partial charge on any atom is 0.119 e. The van der Waals surface area contributed by atoms with E-state index in [9.17, 15) is 0 Å². The number of hydrazine groups is 1. The Morgan fingerprint density at radius 3 is 2.49 bits per heavy atom. The van der Waals surface area contributed by atoms with Crippen molar-refractivity contribution in [3.63, 3.8) is 0 Å². The first-order chi connectivity index (χ1) is 17.9. The smallest absolute Gasteiger partial charge is 0.119 e. The third-order valence-corrected chi connectivity index (χ3v) is 6.50. The molecular weight excluding hydrogens is 462 g/mol. The molecule has 0 aromatic heterocycles. The quantitative estimate of drug-likeness (QED) is 0.182. The fourth-order valence-electron chi connectivity index (χ4n) is 4.35. The van der Waals surface area contributed by atoms with Crippen LogP contribution in [0, 0.1) is 0 Å². The fourth-order valence-corrected chi connectivity index (χ4v) is 4.35. The second-order valence-electron chi connectivity index (χ2n) is 9.45. The topological polar surface area (TPSA) is 89.0 Å². The van der Waals surface area contributed by atoms with Crippen molar-refractivity contribution in [1.82, 2.24) is 4.90 Å². The maximum absolute atomic E-state index is 6.02. The Morgan fingerprint density at radius 2 is 1.81 bits per heavy atom. The molecule has 1 aliphatic heterocycles. The summed E-state index contributed by atoms with van der Waals surface area (Å²) < 4.78 is 11.1. The van der Waals surface area contributed by atoms with Crippen LogP contribution in [0.5, 0.6) is 5.75 Å². The van der Waals surface area contributed by atoms with E-state index in [0.717, 1.165) is 75.1 Å². The van der Waals surface area contributed by atoms with Crippen LogP contribution in [0.25, 0.3) is 0 Å². The third kappa shape index (κ3) is 8.97. The maximum atomic E-state index is 6.02. The SMILES string of the molecule is C=C(/C(N)=C\C)N(N)c1ccc2c(c1)CCC2.C=C(C)Nc1ccc(OCCCN2CCOCC2)cc1. The first-order valence-electron chi connectivity index (χ1n) is 13.1. The Bertz CT molecular complexity index is 1060. The summed E-state index contributed by atoms with van der Waals surface area (Å²) in [6.07, 6.45) is 6.41. The highest BCUT2D eigenvalue weighted by Gasteiger charge is 2.14. The fraction of sp³-hybridized carbons (Fsp3) is 0.400. The summed E-state index contributed by atoms with van der Waals surface area (Å²) in [5, 5.41) is 4.72. The molecule has 1 saturated heterocycles. The van der Waals surface area contributed by atoms with Gasteiger partial charge in [0.05, 0.1) is 36.9 Å². The molecule has 2 aliphatic rings. The molecule has 0 spiro atoms.